The Morgan fingerprint density at radius 1 is 0.973 bits per heavy atom. The summed E-state index contributed by atoms with van der Waals surface area (Å²) in [5.41, 5.74) is 4.28. The Hall–Kier alpha value is -3.65. The van der Waals surface area contributed by atoms with Gasteiger partial charge in [0, 0.05) is 54.6 Å². The predicted molar refractivity (Wildman–Crippen MR) is 146 cm³/mol. The van der Waals surface area contributed by atoms with E-state index in [-0.39, 0.29) is 12.0 Å². The number of urea groups is 1. The van der Waals surface area contributed by atoms with E-state index in [4.69, 9.17) is 21.3 Å². The number of esters is 1. The van der Waals surface area contributed by atoms with Gasteiger partial charge in [-0.25, -0.2) is 19.6 Å². The number of nitrogens with one attached hydrogen (secondary N) is 1. The fourth-order valence-electron chi connectivity index (χ4n) is 4.43. The number of anilines is 2. The first-order valence-corrected chi connectivity index (χ1v) is 12.9. The van der Waals surface area contributed by atoms with Crippen molar-refractivity contribution in [3.05, 3.63) is 81.8 Å². The number of carbonyl (C=O) groups is 2. The summed E-state index contributed by atoms with van der Waals surface area (Å²) in [6.45, 7) is 8.68. The van der Waals surface area contributed by atoms with Crippen LogP contribution < -0.4 is 10.2 Å². The van der Waals surface area contributed by atoms with Crippen LogP contribution in [0.1, 0.15) is 46.3 Å². The van der Waals surface area contributed by atoms with E-state index in [1.54, 1.807) is 31.2 Å². The summed E-state index contributed by atoms with van der Waals surface area (Å²) < 4.78 is 5.01. The van der Waals surface area contributed by atoms with Gasteiger partial charge in [0.2, 0.25) is 0 Å². The molecule has 4 rings (SSSR count). The number of amides is 2. The molecular formula is C28H32ClN5O3. The molecule has 0 spiro atoms. The van der Waals surface area contributed by atoms with Gasteiger partial charge in [0.1, 0.15) is 11.6 Å². The van der Waals surface area contributed by atoms with E-state index >= 15 is 0 Å². The minimum absolute atomic E-state index is 0.165. The third kappa shape index (κ3) is 6.77. The van der Waals surface area contributed by atoms with Gasteiger partial charge in [-0.2, -0.15) is 0 Å². The summed E-state index contributed by atoms with van der Waals surface area (Å²) in [4.78, 5) is 38.4. The Labute approximate surface area is 222 Å². The molecule has 0 radical (unpaired) electrons. The fraction of sp³-hybridized carbons (Fsp3) is 0.357. The number of nitrogens with zero attached hydrogens (tertiary/aromatic N) is 4. The first-order valence-electron chi connectivity index (χ1n) is 12.5. The molecule has 2 heterocycles. The number of carbonyl (C=O) groups excluding carboxylic acids is 2. The van der Waals surface area contributed by atoms with E-state index in [2.05, 4.69) is 15.2 Å². The van der Waals surface area contributed by atoms with Crippen LogP contribution in [0.15, 0.2) is 48.5 Å². The summed E-state index contributed by atoms with van der Waals surface area (Å²) in [5.74, 6) is 1.29. The second-order valence-corrected chi connectivity index (χ2v) is 9.45. The van der Waals surface area contributed by atoms with Crippen LogP contribution in [0.3, 0.4) is 0 Å². The highest BCUT2D eigenvalue weighted by molar-refractivity contribution is 6.30. The molecule has 1 saturated heterocycles. The van der Waals surface area contributed by atoms with Gasteiger partial charge in [-0.15, -0.1) is 0 Å². The highest BCUT2D eigenvalue weighted by Gasteiger charge is 2.23. The number of aromatic nitrogens is 2. The van der Waals surface area contributed by atoms with Gasteiger partial charge >= 0.3 is 12.0 Å². The molecule has 3 aromatic rings. The van der Waals surface area contributed by atoms with Crippen molar-refractivity contribution in [1.82, 2.24) is 14.9 Å². The van der Waals surface area contributed by atoms with Crippen LogP contribution in [0.2, 0.25) is 5.02 Å². The summed E-state index contributed by atoms with van der Waals surface area (Å²) in [6.07, 6.45) is 1.53. The standard InChI is InChI=1S/C28H32ClN5O3/c1-4-37-27(35)22-8-12-24(13-9-22)32-28(36)34-15-5-14-33(16-17-34)26-25(19(2)30-20(3)31-26)18-21-6-10-23(29)11-7-21/h6-13H,4-5,14-18H2,1-3H3,(H,32,36). The quantitative estimate of drug-likeness (QED) is 0.445. The van der Waals surface area contributed by atoms with Crippen molar-refractivity contribution >= 4 is 35.1 Å². The Balaban J connectivity index is 1.44. The molecule has 1 aliphatic heterocycles. The van der Waals surface area contributed by atoms with Gasteiger partial charge in [-0.3, -0.25) is 0 Å². The van der Waals surface area contributed by atoms with Crippen LogP contribution in [0.5, 0.6) is 0 Å². The van der Waals surface area contributed by atoms with Gasteiger partial charge in [-0.1, -0.05) is 23.7 Å². The molecule has 194 valence electrons. The lowest BCUT2D eigenvalue weighted by molar-refractivity contribution is 0.0526. The monoisotopic (exact) mass is 521 g/mol. The van der Waals surface area contributed by atoms with E-state index in [0.29, 0.717) is 48.9 Å². The van der Waals surface area contributed by atoms with Crippen LogP contribution in [-0.4, -0.2) is 59.7 Å². The molecule has 2 amide bonds. The SMILES string of the molecule is CCOC(=O)c1ccc(NC(=O)N2CCCN(c3nc(C)nc(C)c3Cc3ccc(Cl)cc3)CC2)cc1. The maximum atomic E-state index is 13.0. The highest BCUT2D eigenvalue weighted by atomic mass is 35.5. The molecule has 2 aromatic carbocycles. The maximum Gasteiger partial charge on any atom is 0.338 e. The topological polar surface area (TPSA) is 87.7 Å². The zero-order valence-electron chi connectivity index (χ0n) is 21.5. The van der Waals surface area contributed by atoms with Gasteiger partial charge in [-0.05, 0) is 69.2 Å². The lowest BCUT2D eigenvalue weighted by atomic mass is 10.0. The maximum absolute atomic E-state index is 13.0. The molecule has 0 saturated carbocycles. The predicted octanol–water partition coefficient (Wildman–Crippen LogP) is 5.26. The molecule has 1 aliphatic rings. The van der Waals surface area contributed by atoms with Gasteiger partial charge < -0.3 is 19.9 Å². The molecule has 0 bridgehead atoms. The smallest absolute Gasteiger partial charge is 0.338 e. The number of benzene rings is 2. The molecule has 8 nitrogen and oxygen atoms in total. The number of rotatable bonds is 6. The second-order valence-electron chi connectivity index (χ2n) is 9.02. The van der Waals surface area contributed by atoms with Gasteiger partial charge in [0.15, 0.2) is 0 Å². The van der Waals surface area contributed by atoms with Crippen molar-refractivity contribution in [2.24, 2.45) is 0 Å². The van der Waals surface area contributed by atoms with Crippen molar-refractivity contribution in [2.45, 2.75) is 33.6 Å². The average molecular weight is 522 g/mol. The van der Waals surface area contributed by atoms with E-state index in [9.17, 15) is 9.59 Å². The van der Waals surface area contributed by atoms with E-state index in [1.807, 2.05) is 43.0 Å². The zero-order chi connectivity index (χ0) is 26.4. The second kappa shape index (κ2) is 12.1. The van der Waals surface area contributed by atoms with Crippen LogP contribution in [0, 0.1) is 13.8 Å². The average Bonchev–Trinajstić information content (AvgIpc) is 3.14. The summed E-state index contributed by atoms with van der Waals surface area (Å²) >= 11 is 6.07. The van der Waals surface area contributed by atoms with Gasteiger partial charge in [0.05, 0.1) is 12.2 Å². The fourth-order valence-corrected chi connectivity index (χ4v) is 4.56. The van der Waals surface area contributed by atoms with Crippen molar-refractivity contribution < 1.29 is 14.3 Å². The van der Waals surface area contributed by atoms with Crippen LogP contribution >= 0.6 is 11.6 Å². The molecular weight excluding hydrogens is 490 g/mol. The van der Waals surface area contributed by atoms with Crippen molar-refractivity contribution in [3.8, 4) is 0 Å². The van der Waals surface area contributed by atoms with Crippen LogP contribution in [-0.2, 0) is 11.2 Å². The lowest BCUT2D eigenvalue weighted by Crippen LogP contribution is -2.38. The summed E-state index contributed by atoms with van der Waals surface area (Å²) in [6, 6.07) is 14.4. The summed E-state index contributed by atoms with van der Waals surface area (Å²) in [5, 5.41) is 3.65. The molecule has 1 aromatic heterocycles. The van der Waals surface area contributed by atoms with E-state index < -0.39 is 0 Å². The minimum Gasteiger partial charge on any atom is -0.462 e. The van der Waals surface area contributed by atoms with Crippen molar-refractivity contribution in [2.75, 3.05) is 43.0 Å². The Morgan fingerprint density at radius 3 is 2.41 bits per heavy atom. The Bertz CT molecular complexity index is 1250. The largest absolute Gasteiger partial charge is 0.462 e. The molecule has 0 atom stereocenters. The first-order chi connectivity index (χ1) is 17.8. The minimum atomic E-state index is -0.376. The third-order valence-electron chi connectivity index (χ3n) is 6.33. The Morgan fingerprint density at radius 2 is 1.70 bits per heavy atom. The molecule has 0 aliphatic carbocycles. The van der Waals surface area contributed by atoms with Crippen molar-refractivity contribution in [1.29, 1.82) is 0 Å². The van der Waals surface area contributed by atoms with E-state index in [0.717, 1.165) is 41.4 Å². The molecule has 1 N–H and O–H groups in total. The number of hydrogen-bond acceptors (Lipinski definition) is 6. The normalized spacial score (nSPS) is 13.7. The zero-order valence-corrected chi connectivity index (χ0v) is 22.2. The first kappa shape index (κ1) is 26.4. The van der Waals surface area contributed by atoms with E-state index in [1.165, 1.54) is 0 Å². The number of ether oxygens (including phenoxy) is 1. The number of halogens is 1. The lowest BCUT2D eigenvalue weighted by Gasteiger charge is -2.26. The van der Waals surface area contributed by atoms with Crippen molar-refractivity contribution in [3.63, 3.8) is 0 Å². The molecule has 9 heteroatoms. The highest BCUT2D eigenvalue weighted by Crippen LogP contribution is 2.26. The van der Waals surface area contributed by atoms with Crippen LogP contribution in [0.4, 0.5) is 16.3 Å². The Kier molecular flexibility index (Phi) is 8.61. The molecule has 37 heavy (non-hydrogen) atoms. The number of aryl methyl sites for hydroxylation is 2. The number of hydrogen-bond donors (Lipinski definition) is 1. The third-order valence-corrected chi connectivity index (χ3v) is 6.58. The molecule has 1 fully saturated rings. The summed E-state index contributed by atoms with van der Waals surface area (Å²) in [7, 11) is 0. The van der Waals surface area contributed by atoms with Crippen LogP contribution in [0.25, 0.3) is 0 Å². The molecule has 0 unspecified atom stereocenters. The van der Waals surface area contributed by atoms with Gasteiger partial charge in [0.25, 0.3) is 0 Å².